The van der Waals surface area contributed by atoms with E-state index in [1.54, 1.807) is 6.08 Å². The van der Waals surface area contributed by atoms with E-state index in [9.17, 15) is 19.4 Å². The van der Waals surface area contributed by atoms with E-state index in [0.29, 0.717) is 17.4 Å². The number of carbonyl (C=O) groups excluding carboxylic acids is 1. The lowest BCUT2D eigenvalue weighted by Crippen LogP contribution is -2.45. The highest BCUT2D eigenvalue weighted by molar-refractivity contribution is 7.45. The summed E-state index contributed by atoms with van der Waals surface area (Å²) in [4.78, 5) is 25.6. The lowest BCUT2D eigenvalue weighted by atomic mass is 10.0. The first-order valence-corrected chi connectivity index (χ1v) is 37.7. The molecule has 0 saturated carbocycles. The Kier molecular flexibility index (Phi) is 64.4. The van der Waals surface area contributed by atoms with Gasteiger partial charge in [0.25, 0.3) is 7.82 Å². The zero-order valence-electron chi connectivity index (χ0n) is 57.0. The van der Waals surface area contributed by atoms with Crippen LogP contribution in [0.5, 0.6) is 0 Å². The molecular formula is C77H139N2O6P. The highest BCUT2D eigenvalue weighted by Gasteiger charge is 2.23. The van der Waals surface area contributed by atoms with Crippen molar-refractivity contribution in [1.29, 1.82) is 0 Å². The quantitative estimate of drug-likeness (QED) is 0.0272. The molecule has 0 heterocycles. The van der Waals surface area contributed by atoms with E-state index in [4.69, 9.17) is 9.05 Å². The molecule has 0 aliphatic rings. The second kappa shape index (κ2) is 66.6. The first-order valence-electron chi connectivity index (χ1n) is 36.2. The van der Waals surface area contributed by atoms with Crippen LogP contribution in [0.3, 0.4) is 0 Å². The van der Waals surface area contributed by atoms with E-state index in [2.05, 4.69) is 116 Å². The van der Waals surface area contributed by atoms with Crippen molar-refractivity contribution in [3.63, 3.8) is 0 Å². The molecule has 0 aromatic rings. The molecular weight excluding hydrogens is 1080 g/mol. The normalized spacial score (nSPS) is 14.3. The molecule has 0 saturated heterocycles. The number of phosphoric ester groups is 1. The number of phosphoric acid groups is 1. The van der Waals surface area contributed by atoms with E-state index in [1.165, 1.54) is 218 Å². The minimum atomic E-state index is -4.62. The number of aliphatic hydroxyl groups is 1. The van der Waals surface area contributed by atoms with Gasteiger partial charge in [0.2, 0.25) is 5.91 Å². The smallest absolute Gasteiger partial charge is 0.268 e. The molecule has 1 amide bonds. The van der Waals surface area contributed by atoms with E-state index in [-0.39, 0.29) is 12.5 Å². The van der Waals surface area contributed by atoms with Crippen molar-refractivity contribution in [3.05, 3.63) is 109 Å². The van der Waals surface area contributed by atoms with Crippen molar-refractivity contribution in [3.8, 4) is 0 Å². The van der Waals surface area contributed by atoms with Gasteiger partial charge in [0.1, 0.15) is 13.2 Å². The number of nitrogens with one attached hydrogen (secondary N) is 1. The topological polar surface area (TPSA) is 108 Å². The average Bonchev–Trinajstić information content (AvgIpc) is 3.70. The van der Waals surface area contributed by atoms with Crippen molar-refractivity contribution >= 4 is 13.7 Å². The molecule has 9 heteroatoms. The van der Waals surface area contributed by atoms with Gasteiger partial charge >= 0.3 is 0 Å². The summed E-state index contributed by atoms with van der Waals surface area (Å²) < 4.78 is 23.4. The maximum Gasteiger partial charge on any atom is 0.268 e. The monoisotopic (exact) mass is 1220 g/mol. The Morgan fingerprint density at radius 3 is 1.08 bits per heavy atom. The summed E-state index contributed by atoms with van der Waals surface area (Å²) in [6, 6.07) is -0.915. The summed E-state index contributed by atoms with van der Waals surface area (Å²) in [5.41, 5.74) is 0. The largest absolute Gasteiger partial charge is 0.756 e. The zero-order chi connectivity index (χ0) is 62.6. The maximum atomic E-state index is 13.0. The first-order chi connectivity index (χ1) is 42.0. The van der Waals surface area contributed by atoms with E-state index in [0.717, 1.165) is 83.5 Å². The summed E-state index contributed by atoms with van der Waals surface area (Å²) in [7, 11) is 1.24. The number of hydrogen-bond acceptors (Lipinski definition) is 6. The third-order valence-corrected chi connectivity index (χ3v) is 16.9. The molecule has 3 unspecified atom stereocenters. The number of amides is 1. The molecule has 498 valence electrons. The van der Waals surface area contributed by atoms with Crippen LogP contribution in [0, 0.1) is 0 Å². The van der Waals surface area contributed by atoms with Gasteiger partial charge in [0.05, 0.1) is 39.9 Å². The van der Waals surface area contributed by atoms with Gasteiger partial charge in [0.15, 0.2) is 0 Å². The molecule has 86 heavy (non-hydrogen) atoms. The third-order valence-electron chi connectivity index (χ3n) is 15.9. The molecule has 0 rings (SSSR count). The molecule has 3 atom stereocenters. The van der Waals surface area contributed by atoms with Crippen LogP contribution in [-0.2, 0) is 18.4 Å². The van der Waals surface area contributed by atoms with Gasteiger partial charge in [-0.2, -0.15) is 0 Å². The standard InChI is InChI=1S/C77H139N2O6P/c1-6-8-10-12-14-16-18-20-22-24-26-28-30-32-33-34-35-36-37-38-39-40-41-42-43-44-45-47-49-51-53-55-57-59-61-63-65-67-69-71-77(81)78-75(74-85-86(82,83)84-73-72-79(3,4)5)76(80)70-68-66-64-62-60-58-56-54-52-50-48-46-31-29-27-25-23-21-19-17-15-13-11-9-7-2/h8,10,14,16,20,22,26,28,32-33,35-36,52,54,60,62,68,70,75-76,80H,6-7,9,11-13,15,17-19,21,23-25,27,29-31,34,37-51,53,55-59,61,63-67,69,71-74H2,1-5H3,(H-,78,81,82,83)/b10-8-,16-14-,22-20-,28-26-,33-32-,36-35-,54-52+,62-60+,70-68+. The number of allylic oxidation sites excluding steroid dienone is 17. The first kappa shape index (κ1) is 83.2. The third kappa shape index (κ3) is 68.6. The molecule has 0 radical (unpaired) electrons. The summed E-state index contributed by atoms with van der Waals surface area (Å²) in [5, 5.41) is 13.9. The van der Waals surface area contributed by atoms with Gasteiger partial charge in [-0.15, -0.1) is 0 Å². The van der Waals surface area contributed by atoms with E-state index < -0.39 is 26.6 Å². The van der Waals surface area contributed by atoms with Crippen molar-refractivity contribution in [1.82, 2.24) is 5.32 Å². The van der Waals surface area contributed by atoms with Crippen LogP contribution in [0.25, 0.3) is 0 Å². The Labute approximate surface area is 533 Å². The van der Waals surface area contributed by atoms with Crippen molar-refractivity contribution in [2.75, 3.05) is 40.9 Å². The molecule has 0 bridgehead atoms. The average molecular weight is 1220 g/mol. The SMILES string of the molecule is CC/C=C\C/C=C\C/C=C\C/C=C\C/C=C\C/C=C\CCCCCCCCCCCCCCCCCCCCCCC(=O)NC(COP(=O)([O-])OCC[N+](C)(C)C)C(O)/C=C/CC/C=C/CC/C=C/CCCCCCCCCCCCCCCCC. The van der Waals surface area contributed by atoms with Crippen molar-refractivity contribution in [2.24, 2.45) is 0 Å². The molecule has 0 aliphatic carbocycles. The second-order valence-electron chi connectivity index (χ2n) is 25.5. The Hall–Kier alpha value is -2.84. The van der Waals surface area contributed by atoms with Crippen molar-refractivity contribution in [2.45, 2.75) is 334 Å². The number of quaternary nitrogens is 1. The summed E-state index contributed by atoms with van der Waals surface area (Å²) in [5.74, 6) is -0.209. The fourth-order valence-corrected chi connectivity index (χ4v) is 11.1. The van der Waals surface area contributed by atoms with Crippen LogP contribution in [0.4, 0.5) is 0 Å². The number of rotatable bonds is 66. The van der Waals surface area contributed by atoms with E-state index in [1.807, 2.05) is 27.2 Å². The molecule has 0 aromatic carbocycles. The van der Waals surface area contributed by atoms with Gasteiger partial charge in [0, 0.05) is 6.42 Å². The predicted molar refractivity (Wildman–Crippen MR) is 376 cm³/mol. The molecule has 0 aliphatic heterocycles. The Bertz CT molecular complexity index is 1770. The highest BCUT2D eigenvalue weighted by Crippen LogP contribution is 2.38. The number of aliphatic hydroxyl groups excluding tert-OH is 1. The number of hydrogen-bond donors (Lipinski definition) is 2. The Morgan fingerprint density at radius 1 is 0.419 bits per heavy atom. The summed E-state index contributed by atoms with van der Waals surface area (Å²) in [6.45, 7) is 4.53. The molecule has 8 nitrogen and oxygen atoms in total. The van der Waals surface area contributed by atoms with Gasteiger partial charge in [-0.3, -0.25) is 9.36 Å². The molecule has 2 N–H and O–H groups in total. The summed E-state index contributed by atoms with van der Waals surface area (Å²) in [6.07, 6.45) is 98.0. The highest BCUT2D eigenvalue weighted by atomic mass is 31.2. The molecule has 0 spiro atoms. The fraction of sp³-hybridized carbons (Fsp3) is 0.753. The van der Waals surface area contributed by atoms with Crippen LogP contribution in [0.1, 0.15) is 322 Å². The van der Waals surface area contributed by atoms with E-state index >= 15 is 0 Å². The minimum Gasteiger partial charge on any atom is -0.756 e. The molecule has 0 aromatic heterocycles. The number of nitrogens with zero attached hydrogens (tertiary/aromatic N) is 1. The van der Waals surface area contributed by atoms with Crippen molar-refractivity contribution < 1.29 is 32.9 Å². The predicted octanol–water partition coefficient (Wildman–Crippen LogP) is 22.8. The van der Waals surface area contributed by atoms with Gasteiger partial charge in [-0.1, -0.05) is 329 Å². The van der Waals surface area contributed by atoms with Crippen LogP contribution in [-0.4, -0.2) is 68.5 Å². The Morgan fingerprint density at radius 2 is 0.721 bits per heavy atom. The summed E-state index contributed by atoms with van der Waals surface area (Å²) >= 11 is 0. The zero-order valence-corrected chi connectivity index (χ0v) is 57.9. The second-order valence-corrected chi connectivity index (χ2v) is 27.0. The van der Waals surface area contributed by atoms with Gasteiger partial charge in [-0.25, -0.2) is 0 Å². The number of likely N-dealkylation sites (N-methyl/N-ethyl adjacent to an activating group) is 1. The van der Waals surface area contributed by atoms with Crippen LogP contribution in [0.15, 0.2) is 109 Å². The number of carbonyl (C=O) groups is 1. The van der Waals surface area contributed by atoms with Crippen LogP contribution >= 0.6 is 7.82 Å². The van der Waals surface area contributed by atoms with Crippen LogP contribution in [0.2, 0.25) is 0 Å². The van der Waals surface area contributed by atoms with Gasteiger partial charge < -0.3 is 28.8 Å². The number of unbranched alkanes of at least 4 members (excludes halogenated alkanes) is 37. The lowest BCUT2D eigenvalue weighted by Gasteiger charge is -2.29. The van der Waals surface area contributed by atoms with Gasteiger partial charge in [-0.05, 0) is 96.3 Å². The fourth-order valence-electron chi connectivity index (χ4n) is 10.4. The lowest BCUT2D eigenvalue weighted by molar-refractivity contribution is -0.870. The van der Waals surface area contributed by atoms with Crippen LogP contribution < -0.4 is 10.2 Å². The maximum absolute atomic E-state index is 13.0. The Balaban J connectivity index is 4.06. The minimum absolute atomic E-state index is 0.0112. The molecule has 0 fully saturated rings.